The molecule has 1 atom stereocenters. The first-order valence-electron chi connectivity index (χ1n) is 5.69. The van der Waals surface area contributed by atoms with Gasteiger partial charge in [0, 0.05) is 11.3 Å². The Morgan fingerprint density at radius 2 is 2.44 bits per heavy atom. The molecule has 1 aliphatic rings. The summed E-state index contributed by atoms with van der Waals surface area (Å²) in [6, 6.07) is 3.80. The zero-order chi connectivity index (χ0) is 11.6. The molecular formula is C12H16ClNOS. The summed E-state index contributed by atoms with van der Waals surface area (Å²) in [4.78, 5) is 13.3. The molecule has 1 aliphatic heterocycles. The van der Waals surface area contributed by atoms with Crippen molar-refractivity contribution < 1.29 is 4.79 Å². The van der Waals surface area contributed by atoms with Gasteiger partial charge >= 0.3 is 0 Å². The first-order valence-corrected chi connectivity index (χ1v) is 6.88. The molecule has 1 N–H and O–H groups in total. The van der Waals surface area contributed by atoms with E-state index in [1.807, 2.05) is 12.1 Å². The molecule has 0 spiro atoms. The first kappa shape index (κ1) is 12.1. The van der Waals surface area contributed by atoms with E-state index in [9.17, 15) is 4.79 Å². The highest BCUT2D eigenvalue weighted by Gasteiger charge is 2.38. The van der Waals surface area contributed by atoms with Crippen molar-refractivity contribution in [1.29, 1.82) is 0 Å². The van der Waals surface area contributed by atoms with Crippen LogP contribution in [0.4, 0.5) is 0 Å². The van der Waals surface area contributed by atoms with Crippen LogP contribution in [0.2, 0.25) is 4.34 Å². The summed E-state index contributed by atoms with van der Waals surface area (Å²) in [5.74, 6) is 0.311. The van der Waals surface area contributed by atoms with Crippen LogP contribution < -0.4 is 5.32 Å². The number of carbonyl (C=O) groups excluding carboxylic acids is 1. The maximum Gasteiger partial charge on any atom is 0.158 e. The second-order valence-electron chi connectivity index (χ2n) is 4.27. The summed E-state index contributed by atoms with van der Waals surface area (Å²) >= 11 is 7.36. The predicted molar refractivity (Wildman–Crippen MR) is 68.3 cm³/mol. The van der Waals surface area contributed by atoms with E-state index >= 15 is 0 Å². The molecule has 16 heavy (non-hydrogen) atoms. The molecule has 0 aliphatic carbocycles. The summed E-state index contributed by atoms with van der Waals surface area (Å²) in [7, 11) is 0. The molecule has 88 valence electrons. The molecule has 0 radical (unpaired) electrons. The highest BCUT2D eigenvalue weighted by Crippen LogP contribution is 2.28. The van der Waals surface area contributed by atoms with Gasteiger partial charge in [-0.1, -0.05) is 18.5 Å². The van der Waals surface area contributed by atoms with Gasteiger partial charge in [-0.05, 0) is 37.9 Å². The molecule has 0 saturated carbocycles. The molecule has 1 unspecified atom stereocenters. The number of ketones is 1. The number of nitrogens with one attached hydrogen (secondary N) is 1. The summed E-state index contributed by atoms with van der Waals surface area (Å²) < 4.78 is 0.757. The fraction of sp³-hybridized carbons (Fsp3) is 0.583. The summed E-state index contributed by atoms with van der Waals surface area (Å²) in [6.07, 6.45) is 3.47. The van der Waals surface area contributed by atoms with E-state index in [-0.39, 0.29) is 5.54 Å². The van der Waals surface area contributed by atoms with Crippen molar-refractivity contribution in [3.63, 3.8) is 0 Å². The van der Waals surface area contributed by atoms with E-state index in [1.54, 1.807) is 0 Å². The van der Waals surface area contributed by atoms with Gasteiger partial charge in [0.1, 0.15) is 0 Å². The van der Waals surface area contributed by atoms with Crippen LogP contribution in [-0.4, -0.2) is 17.9 Å². The Balaban J connectivity index is 2.07. The Hall–Kier alpha value is -0.380. The van der Waals surface area contributed by atoms with Crippen LogP contribution in [0.15, 0.2) is 12.1 Å². The standard InChI is InChI=1S/C12H16ClNOS/c1-2-12(6-3-7-14-12)10(15)8-9-4-5-11(13)16-9/h4-5,14H,2-3,6-8H2,1H3. The molecule has 1 aromatic rings. The molecule has 1 aromatic heterocycles. The SMILES string of the molecule is CCC1(C(=O)Cc2ccc(Cl)s2)CCCN1. The second kappa shape index (κ2) is 4.86. The Bertz CT molecular complexity index is 382. The molecule has 2 rings (SSSR count). The van der Waals surface area contributed by atoms with Crippen LogP contribution in [0.25, 0.3) is 0 Å². The van der Waals surface area contributed by atoms with Crippen LogP contribution in [0.3, 0.4) is 0 Å². The topological polar surface area (TPSA) is 29.1 Å². The van der Waals surface area contributed by atoms with E-state index in [2.05, 4.69) is 12.2 Å². The third-order valence-corrected chi connectivity index (χ3v) is 4.58. The van der Waals surface area contributed by atoms with E-state index in [1.165, 1.54) is 11.3 Å². The number of halogens is 1. The Kier molecular flexibility index (Phi) is 3.67. The largest absolute Gasteiger partial charge is 0.305 e. The van der Waals surface area contributed by atoms with Crippen LogP contribution in [0.1, 0.15) is 31.1 Å². The van der Waals surface area contributed by atoms with Crippen LogP contribution in [-0.2, 0) is 11.2 Å². The zero-order valence-corrected chi connectivity index (χ0v) is 11.0. The lowest BCUT2D eigenvalue weighted by atomic mass is 9.87. The minimum absolute atomic E-state index is 0.267. The summed E-state index contributed by atoms with van der Waals surface area (Å²) in [6.45, 7) is 3.04. The van der Waals surface area contributed by atoms with E-state index in [0.717, 1.165) is 35.0 Å². The van der Waals surface area contributed by atoms with Crippen molar-refractivity contribution in [2.75, 3.05) is 6.54 Å². The number of hydrogen-bond donors (Lipinski definition) is 1. The van der Waals surface area contributed by atoms with Crippen molar-refractivity contribution in [3.8, 4) is 0 Å². The van der Waals surface area contributed by atoms with Crippen molar-refractivity contribution in [1.82, 2.24) is 5.32 Å². The third kappa shape index (κ3) is 2.31. The van der Waals surface area contributed by atoms with Crippen LogP contribution in [0, 0.1) is 0 Å². The minimum Gasteiger partial charge on any atom is -0.305 e. The fourth-order valence-corrected chi connectivity index (χ4v) is 3.40. The predicted octanol–water partition coefficient (Wildman–Crippen LogP) is 3.05. The number of carbonyl (C=O) groups is 1. The van der Waals surface area contributed by atoms with Gasteiger partial charge in [0.2, 0.25) is 0 Å². The monoisotopic (exact) mass is 257 g/mol. The molecule has 1 saturated heterocycles. The van der Waals surface area contributed by atoms with E-state index in [4.69, 9.17) is 11.6 Å². The molecule has 0 amide bonds. The molecule has 0 aromatic carbocycles. The highest BCUT2D eigenvalue weighted by atomic mass is 35.5. The lowest BCUT2D eigenvalue weighted by Gasteiger charge is -2.26. The first-order chi connectivity index (χ1) is 7.66. The number of hydrogen-bond acceptors (Lipinski definition) is 3. The van der Waals surface area contributed by atoms with Gasteiger partial charge in [-0.3, -0.25) is 4.79 Å². The number of rotatable bonds is 4. The fourth-order valence-electron chi connectivity index (χ4n) is 2.32. The summed E-state index contributed by atoms with van der Waals surface area (Å²) in [5, 5.41) is 3.37. The lowest BCUT2D eigenvalue weighted by Crippen LogP contribution is -2.47. The normalized spacial score (nSPS) is 24.9. The smallest absolute Gasteiger partial charge is 0.158 e. The quantitative estimate of drug-likeness (QED) is 0.898. The Morgan fingerprint density at radius 3 is 2.94 bits per heavy atom. The second-order valence-corrected chi connectivity index (χ2v) is 6.07. The third-order valence-electron chi connectivity index (χ3n) is 3.34. The minimum atomic E-state index is -0.267. The lowest BCUT2D eigenvalue weighted by molar-refractivity contribution is -0.124. The zero-order valence-electron chi connectivity index (χ0n) is 9.38. The summed E-state index contributed by atoms with van der Waals surface area (Å²) in [5.41, 5.74) is -0.267. The number of thiophene rings is 1. The molecule has 1 fully saturated rings. The molecule has 2 heterocycles. The van der Waals surface area contributed by atoms with Gasteiger partial charge in [-0.15, -0.1) is 11.3 Å². The average Bonchev–Trinajstić information content (AvgIpc) is 2.88. The molecular weight excluding hydrogens is 242 g/mol. The molecule has 4 heteroatoms. The number of Topliss-reactive ketones (excluding diaryl/α,β-unsaturated/α-hetero) is 1. The van der Waals surface area contributed by atoms with E-state index < -0.39 is 0 Å². The van der Waals surface area contributed by atoms with Crippen LogP contribution >= 0.6 is 22.9 Å². The Labute approximate surface area is 105 Å². The van der Waals surface area contributed by atoms with E-state index in [0.29, 0.717) is 12.2 Å². The van der Waals surface area contributed by atoms with Gasteiger partial charge in [-0.25, -0.2) is 0 Å². The maximum absolute atomic E-state index is 12.3. The van der Waals surface area contributed by atoms with Crippen molar-refractivity contribution in [2.45, 2.75) is 38.1 Å². The molecule has 2 nitrogen and oxygen atoms in total. The average molecular weight is 258 g/mol. The van der Waals surface area contributed by atoms with Gasteiger partial charge in [0.05, 0.1) is 9.88 Å². The van der Waals surface area contributed by atoms with Crippen molar-refractivity contribution in [3.05, 3.63) is 21.3 Å². The van der Waals surface area contributed by atoms with Gasteiger partial charge < -0.3 is 5.32 Å². The maximum atomic E-state index is 12.3. The van der Waals surface area contributed by atoms with Crippen LogP contribution in [0.5, 0.6) is 0 Å². The Morgan fingerprint density at radius 1 is 1.62 bits per heavy atom. The van der Waals surface area contributed by atoms with Gasteiger partial charge in [0.25, 0.3) is 0 Å². The highest BCUT2D eigenvalue weighted by molar-refractivity contribution is 7.16. The van der Waals surface area contributed by atoms with Crippen molar-refractivity contribution in [2.24, 2.45) is 0 Å². The van der Waals surface area contributed by atoms with Gasteiger partial charge in [0.15, 0.2) is 5.78 Å². The van der Waals surface area contributed by atoms with Gasteiger partial charge in [-0.2, -0.15) is 0 Å². The van der Waals surface area contributed by atoms with Crippen molar-refractivity contribution >= 4 is 28.7 Å². The molecule has 0 bridgehead atoms.